The zero-order valence-corrected chi connectivity index (χ0v) is 16.9. The van der Waals surface area contributed by atoms with Crippen molar-refractivity contribution in [2.24, 2.45) is 0 Å². The van der Waals surface area contributed by atoms with Gasteiger partial charge in [-0.2, -0.15) is 13.2 Å². The number of hydrogen-bond donors (Lipinski definition) is 1. The lowest BCUT2D eigenvalue weighted by Crippen LogP contribution is -2.27. The molecule has 0 spiro atoms. The number of para-hydroxylation sites is 1. The number of amides is 1. The van der Waals surface area contributed by atoms with Crippen molar-refractivity contribution in [2.75, 3.05) is 0 Å². The molecule has 8 heteroatoms. The highest BCUT2D eigenvalue weighted by atomic mass is 19.4. The Kier molecular flexibility index (Phi) is 5.77. The number of fused-ring (bicyclic) bond motifs is 1. The normalized spacial score (nSPS) is 12.4. The van der Waals surface area contributed by atoms with Crippen LogP contribution in [0.3, 0.4) is 0 Å². The average Bonchev–Trinajstić information content (AvgIpc) is 2.79. The van der Waals surface area contributed by atoms with Crippen LogP contribution in [-0.4, -0.2) is 15.9 Å². The second-order valence-electron chi connectivity index (χ2n) is 7.13. The van der Waals surface area contributed by atoms with Crippen molar-refractivity contribution in [2.45, 2.75) is 19.1 Å². The molecule has 0 radical (unpaired) electrons. The van der Waals surface area contributed by atoms with Crippen LogP contribution >= 0.6 is 0 Å². The first-order valence-corrected chi connectivity index (χ1v) is 9.77. The van der Waals surface area contributed by atoms with Crippen LogP contribution in [0.1, 0.15) is 34.6 Å². The van der Waals surface area contributed by atoms with Crippen LogP contribution < -0.4 is 10.1 Å². The molecule has 0 saturated heterocycles. The van der Waals surface area contributed by atoms with Crippen LogP contribution in [0.2, 0.25) is 0 Å². The third-order valence-electron chi connectivity index (χ3n) is 4.82. The van der Waals surface area contributed by atoms with Crippen LogP contribution in [0.25, 0.3) is 10.9 Å². The maximum absolute atomic E-state index is 12.7. The summed E-state index contributed by atoms with van der Waals surface area (Å²) in [5.74, 6) is 0.320. The van der Waals surface area contributed by atoms with E-state index in [4.69, 9.17) is 4.74 Å². The van der Waals surface area contributed by atoms with Gasteiger partial charge in [0.25, 0.3) is 5.91 Å². The van der Waals surface area contributed by atoms with Gasteiger partial charge >= 0.3 is 6.18 Å². The molecule has 0 unspecified atom stereocenters. The molecule has 2 aromatic heterocycles. The minimum absolute atomic E-state index is 0.248. The fraction of sp³-hybridized carbons (Fsp3) is 0.125. The molecule has 0 aliphatic heterocycles. The molecule has 1 atom stereocenters. The minimum Gasteiger partial charge on any atom is -0.455 e. The number of alkyl halides is 3. The summed E-state index contributed by atoms with van der Waals surface area (Å²) in [6.07, 6.45) is -1.32. The first-order chi connectivity index (χ1) is 15.3. The Morgan fingerprint density at radius 1 is 1.00 bits per heavy atom. The molecular weight excluding hydrogens is 419 g/mol. The van der Waals surface area contributed by atoms with Crippen LogP contribution in [0.5, 0.6) is 11.5 Å². The van der Waals surface area contributed by atoms with E-state index in [0.29, 0.717) is 22.2 Å². The fourth-order valence-electron chi connectivity index (χ4n) is 3.16. The molecule has 0 aliphatic carbocycles. The molecule has 0 aliphatic rings. The number of nitrogens with zero attached hydrogens (tertiary/aromatic N) is 2. The number of ether oxygens (including phenoxy) is 1. The number of benzene rings is 2. The summed E-state index contributed by atoms with van der Waals surface area (Å²) in [6.45, 7) is 1.84. The molecule has 1 N–H and O–H groups in total. The third-order valence-corrected chi connectivity index (χ3v) is 4.82. The summed E-state index contributed by atoms with van der Waals surface area (Å²) in [4.78, 5) is 21.2. The van der Waals surface area contributed by atoms with Gasteiger partial charge in [-0.1, -0.05) is 18.2 Å². The number of aromatic nitrogens is 2. The van der Waals surface area contributed by atoms with Crippen molar-refractivity contribution < 1.29 is 22.7 Å². The number of carbonyl (C=O) groups excluding carboxylic acids is 1. The molecule has 1 amide bonds. The SMILES string of the molecule is C[C@@H](NC(=O)c1cnc2c(Oc3ccc(C(F)(F)F)cc3)cccc2c1)c1ccccn1. The Labute approximate surface area is 181 Å². The van der Waals surface area contributed by atoms with E-state index in [2.05, 4.69) is 15.3 Å². The molecule has 0 saturated carbocycles. The van der Waals surface area contributed by atoms with Gasteiger partial charge in [0.1, 0.15) is 11.3 Å². The molecule has 162 valence electrons. The van der Waals surface area contributed by atoms with Gasteiger partial charge in [-0.3, -0.25) is 14.8 Å². The zero-order chi connectivity index (χ0) is 22.7. The highest BCUT2D eigenvalue weighted by molar-refractivity contribution is 5.98. The highest BCUT2D eigenvalue weighted by Crippen LogP contribution is 2.33. The minimum atomic E-state index is -4.41. The predicted octanol–water partition coefficient (Wildman–Crippen LogP) is 5.93. The van der Waals surface area contributed by atoms with Crippen molar-refractivity contribution in [3.63, 3.8) is 0 Å². The van der Waals surface area contributed by atoms with E-state index in [1.165, 1.54) is 18.3 Å². The summed E-state index contributed by atoms with van der Waals surface area (Å²) in [6, 6.07) is 16.5. The van der Waals surface area contributed by atoms with Gasteiger partial charge in [-0.05, 0) is 55.5 Å². The molecule has 0 bridgehead atoms. The molecule has 2 heterocycles. The van der Waals surface area contributed by atoms with Gasteiger partial charge < -0.3 is 10.1 Å². The van der Waals surface area contributed by atoms with E-state index in [1.54, 1.807) is 36.5 Å². The molecule has 4 rings (SSSR count). The van der Waals surface area contributed by atoms with Gasteiger partial charge in [-0.15, -0.1) is 0 Å². The predicted molar refractivity (Wildman–Crippen MR) is 113 cm³/mol. The second-order valence-corrected chi connectivity index (χ2v) is 7.13. The topological polar surface area (TPSA) is 64.1 Å². The lowest BCUT2D eigenvalue weighted by molar-refractivity contribution is -0.137. The third kappa shape index (κ3) is 4.69. The maximum atomic E-state index is 12.7. The van der Waals surface area contributed by atoms with Crippen LogP contribution in [0.15, 0.2) is 79.1 Å². The lowest BCUT2D eigenvalue weighted by atomic mass is 10.1. The molecule has 5 nitrogen and oxygen atoms in total. The van der Waals surface area contributed by atoms with Gasteiger partial charge in [0, 0.05) is 17.8 Å². The van der Waals surface area contributed by atoms with Crippen LogP contribution in [-0.2, 0) is 6.18 Å². The number of carbonyl (C=O) groups is 1. The Morgan fingerprint density at radius 3 is 2.47 bits per heavy atom. The van der Waals surface area contributed by atoms with Crippen molar-refractivity contribution in [1.29, 1.82) is 0 Å². The summed E-state index contributed by atoms with van der Waals surface area (Å²) < 4.78 is 44.0. The lowest BCUT2D eigenvalue weighted by Gasteiger charge is -2.14. The van der Waals surface area contributed by atoms with Gasteiger partial charge in [0.05, 0.1) is 22.9 Å². The Morgan fingerprint density at radius 2 is 1.78 bits per heavy atom. The molecular formula is C24H18F3N3O2. The summed E-state index contributed by atoms with van der Waals surface area (Å²) in [7, 11) is 0. The van der Waals surface area contributed by atoms with Gasteiger partial charge in [-0.25, -0.2) is 0 Å². The van der Waals surface area contributed by atoms with E-state index in [9.17, 15) is 18.0 Å². The number of rotatable bonds is 5. The summed E-state index contributed by atoms with van der Waals surface area (Å²) in [5.41, 5.74) is 0.840. The highest BCUT2D eigenvalue weighted by Gasteiger charge is 2.30. The number of nitrogens with one attached hydrogen (secondary N) is 1. The second kappa shape index (κ2) is 8.66. The fourth-order valence-corrected chi connectivity index (χ4v) is 3.16. The Hall–Kier alpha value is -3.94. The molecule has 2 aromatic carbocycles. The molecule has 32 heavy (non-hydrogen) atoms. The first kappa shape index (κ1) is 21.3. The number of pyridine rings is 2. The average molecular weight is 437 g/mol. The van der Waals surface area contributed by atoms with E-state index in [0.717, 1.165) is 17.8 Å². The maximum Gasteiger partial charge on any atom is 0.416 e. The Bertz CT molecular complexity index is 1240. The quantitative estimate of drug-likeness (QED) is 0.420. The van der Waals surface area contributed by atoms with E-state index < -0.39 is 11.7 Å². The summed E-state index contributed by atoms with van der Waals surface area (Å²) >= 11 is 0. The molecule has 0 fully saturated rings. The first-order valence-electron chi connectivity index (χ1n) is 9.77. The van der Waals surface area contributed by atoms with Gasteiger partial charge in [0.2, 0.25) is 0 Å². The van der Waals surface area contributed by atoms with Gasteiger partial charge in [0.15, 0.2) is 5.75 Å². The van der Waals surface area contributed by atoms with E-state index in [-0.39, 0.29) is 17.7 Å². The van der Waals surface area contributed by atoms with Crippen LogP contribution in [0, 0.1) is 0 Å². The van der Waals surface area contributed by atoms with Crippen molar-refractivity contribution in [1.82, 2.24) is 15.3 Å². The van der Waals surface area contributed by atoms with Crippen LogP contribution in [0.4, 0.5) is 13.2 Å². The largest absolute Gasteiger partial charge is 0.455 e. The van der Waals surface area contributed by atoms with Crippen molar-refractivity contribution >= 4 is 16.8 Å². The standard InChI is InChI=1S/C24H18F3N3O2/c1-15(20-6-2-3-12-28-20)30-23(31)17-13-16-5-4-7-21(22(16)29-14-17)32-19-10-8-18(9-11-19)24(25,26)27/h2-15H,1H3,(H,30,31)/t15-/m1/s1. The monoisotopic (exact) mass is 437 g/mol. The number of hydrogen-bond acceptors (Lipinski definition) is 4. The Balaban J connectivity index is 1.54. The van der Waals surface area contributed by atoms with Crippen molar-refractivity contribution in [3.05, 3.63) is 95.9 Å². The smallest absolute Gasteiger partial charge is 0.416 e. The van der Waals surface area contributed by atoms with E-state index >= 15 is 0 Å². The van der Waals surface area contributed by atoms with E-state index in [1.807, 2.05) is 19.1 Å². The summed E-state index contributed by atoms with van der Waals surface area (Å²) in [5, 5.41) is 3.54. The van der Waals surface area contributed by atoms with Crippen molar-refractivity contribution in [3.8, 4) is 11.5 Å². The molecule has 4 aromatic rings. The zero-order valence-electron chi connectivity index (χ0n) is 16.9. The number of halogens is 3.